The summed E-state index contributed by atoms with van der Waals surface area (Å²) in [6.45, 7) is -0.0654. The predicted molar refractivity (Wildman–Crippen MR) is 156 cm³/mol. The van der Waals surface area contributed by atoms with Crippen LogP contribution in [0, 0.1) is 10.8 Å². The number of nitrogens with two attached hydrogens (primary N) is 2. The Bertz CT molecular complexity index is 1540. The second kappa shape index (κ2) is 14.8. The summed E-state index contributed by atoms with van der Waals surface area (Å²) in [7, 11) is 0. The average molecular weight is 590 g/mol. The van der Waals surface area contributed by atoms with Gasteiger partial charge in [-0.25, -0.2) is 4.79 Å². The van der Waals surface area contributed by atoms with Crippen LogP contribution in [-0.2, 0) is 27.4 Å². The number of hydrogen-bond donors (Lipinski definition) is 7. The van der Waals surface area contributed by atoms with E-state index in [1.165, 1.54) is 18.2 Å². The van der Waals surface area contributed by atoms with Gasteiger partial charge in [-0.2, -0.15) is 0 Å². The van der Waals surface area contributed by atoms with Crippen molar-refractivity contribution in [2.75, 3.05) is 6.61 Å². The monoisotopic (exact) mass is 589 g/mol. The van der Waals surface area contributed by atoms with Gasteiger partial charge in [0, 0.05) is 35.1 Å². The lowest BCUT2D eigenvalue weighted by Gasteiger charge is -2.20. The Labute approximate surface area is 246 Å². The Morgan fingerprint density at radius 3 is 2.14 bits per heavy atom. The van der Waals surface area contributed by atoms with Crippen LogP contribution in [-0.4, -0.2) is 58.2 Å². The van der Waals surface area contributed by atoms with E-state index in [-0.39, 0.29) is 54.6 Å². The Morgan fingerprint density at radius 1 is 0.837 bits per heavy atom. The Morgan fingerprint density at radius 2 is 1.51 bits per heavy atom. The fourth-order valence-corrected chi connectivity index (χ4v) is 3.90. The van der Waals surface area contributed by atoms with Gasteiger partial charge in [-0.1, -0.05) is 24.3 Å². The molecule has 3 aromatic rings. The first-order chi connectivity index (χ1) is 20.4. The number of benzene rings is 3. The second-order valence-corrected chi connectivity index (χ2v) is 9.48. The molecule has 0 bridgehead atoms. The molecule has 3 aromatic carbocycles. The zero-order valence-corrected chi connectivity index (χ0v) is 23.0. The van der Waals surface area contributed by atoms with Gasteiger partial charge in [0.15, 0.2) is 0 Å². The summed E-state index contributed by atoms with van der Waals surface area (Å²) in [5, 5.41) is 36.1. The molecule has 0 aromatic heterocycles. The molecule has 1 atom stereocenters. The van der Waals surface area contributed by atoms with Crippen LogP contribution in [0.25, 0.3) is 0 Å². The standard InChI is InChI=1S/C30H31N5O8/c31-27(32)18-6-9-23(10-7-18)42-15-17-2-1-3-21(12-17)29(39)35-22(8-11-26(37)38)16-43-25-14-20(28(33)34)5-4-19(25)13-24(36)30(40)41/h1-7,9-10,12,14,22H,8,11,13,15-16H2,(H3,31,32)(H3,33,34)(H,35,39)(H,37,38)(H,40,41). The minimum absolute atomic E-state index is 0.00984. The summed E-state index contributed by atoms with van der Waals surface area (Å²) >= 11 is 0. The molecule has 0 radical (unpaired) electrons. The van der Waals surface area contributed by atoms with Crippen molar-refractivity contribution in [1.29, 1.82) is 10.8 Å². The van der Waals surface area contributed by atoms with Gasteiger partial charge in [0.05, 0.1) is 6.04 Å². The molecule has 0 aliphatic heterocycles. The van der Waals surface area contributed by atoms with Crippen LogP contribution in [0.2, 0.25) is 0 Å². The number of aliphatic carboxylic acids is 2. The van der Waals surface area contributed by atoms with Gasteiger partial charge in [0.2, 0.25) is 5.78 Å². The summed E-state index contributed by atoms with van der Waals surface area (Å²) in [5.41, 5.74) is 13.1. The number of nitrogen functional groups attached to an aromatic ring is 2. The molecule has 0 heterocycles. The molecular formula is C30H31N5O8. The fraction of sp³-hybridized carbons (Fsp3) is 0.200. The van der Waals surface area contributed by atoms with E-state index in [4.69, 9.17) is 36.9 Å². The number of amidine groups is 2. The summed E-state index contributed by atoms with van der Waals surface area (Å²) in [5.74, 6) is -3.99. The van der Waals surface area contributed by atoms with Crippen molar-refractivity contribution in [3.63, 3.8) is 0 Å². The van der Waals surface area contributed by atoms with Crippen LogP contribution in [0.3, 0.4) is 0 Å². The van der Waals surface area contributed by atoms with Gasteiger partial charge in [-0.3, -0.25) is 25.2 Å². The van der Waals surface area contributed by atoms with Crippen molar-refractivity contribution in [2.45, 2.75) is 31.9 Å². The zero-order chi connectivity index (χ0) is 31.5. The van der Waals surface area contributed by atoms with Gasteiger partial charge >= 0.3 is 11.9 Å². The lowest BCUT2D eigenvalue weighted by molar-refractivity contribution is -0.148. The van der Waals surface area contributed by atoms with Crippen LogP contribution in [0.4, 0.5) is 0 Å². The normalized spacial score (nSPS) is 11.2. The molecule has 9 N–H and O–H groups in total. The van der Waals surface area contributed by atoms with E-state index in [0.29, 0.717) is 22.4 Å². The first kappa shape index (κ1) is 31.8. The number of nitrogens with one attached hydrogen (secondary N) is 3. The highest BCUT2D eigenvalue weighted by Crippen LogP contribution is 2.22. The molecular weight excluding hydrogens is 558 g/mol. The van der Waals surface area contributed by atoms with Crippen molar-refractivity contribution >= 4 is 35.3 Å². The molecule has 0 fully saturated rings. The van der Waals surface area contributed by atoms with E-state index >= 15 is 0 Å². The fourth-order valence-electron chi connectivity index (χ4n) is 3.90. The van der Waals surface area contributed by atoms with Crippen LogP contribution in [0.1, 0.15) is 45.5 Å². The van der Waals surface area contributed by atoms with Gasteiger partial charge in [-0.15, -0.1) is 0 Å². The van der Waals surface area contributed by atoms with Crippen molar-refractivity contribution in [3.8, 4) is 11.5 Å². The quantitative estimate of drug-likeness (QED) is 0.0729. The van der Waals surface area contributed by atoms with Crippen LogP contribution < -0.4 is 26.3 Å². The van der Waals surface area contributed by atoms with E-state index in [2.05, 4.69) is 5.32 Å². The maximum atomic E-state index is 13.1. The molecule has 13 heteroatoms. The molecule has 0 aliphatic carbocycles. The average Bonchev–Trinajstić information content (AvgIpc) is 2.98. The summed E-state index contributed by atoms with van der Waals surface area (Å²) in [4.78, 5) is 47.3. The highest BCUT2D eigenvalue weighted by Gasteiger charge is 2.20. The lowest BCUT2D eigenvalue weighted by atomic mass is 10.0. The third-order valence-electron chi connectivity index (χ3n) is 6.21. The molecule has 0 aliphatic rings. The Kier molecular flexibility index (Phi) is 10.9. The van der Waals surface area contributed by atoms with Crippen molar-refractivity contribution in [3.05, 3.63) is 94.5 Å². The highest BCUT2D eigenvalue weighted by atomic mass is 16.5. The largest absolute Gasteiger partial charge is 0.491 e. The number of carboxylic acid groups (broad SMARTS) is 2. The van der Waals surface area contributed by atoms with Crippen molar-refractivity contribution in [1.82, 2.24) is 5.32 Å². The molecule has 0 saturated carbocycles. The summed E-state index contributed by atoms with van der Waals surface area (Å²) < 4.78 is 11.6. The van der Waals surface area contributed by atoms with E-state index < -0.39 is 36.1 Å². The van der Waals surface area contributed by atoms with E-state index in [9.17, 15) is 24.3 Å². The number of hydrogen-bond acceptors (Lipinski definition) is 8. The third-order valence-corrected chi connectivity index (χ3v) is 6.21. The van der Waals surface area contributed by atoms with E-state index in [0.717, 1.165) is 0 Å². The molecule has 43 heavy (non-hydrogen) atoms. The number of carboxylic acids is 2. The number of rotatable bonds is 16. The minimum atomic E-state index is -1.62. The molecule has 0 saturated heterocycles. The second-order valence-electron chi connectivity index (χ2n) is 9.48. The summed E-state index contributed by atoms with van der Waals surface area (Å²) in [6, 6.07) is 16.8. The molecule has 0 spiro atoms. The first-order valence-corrected chi connectivity index (χ1v) is 13.0. The highest BCUT2D eigenvalue weighted by molar-refractivity contribution is 6.33. The van der Waals surface area contributed by atoms with Gasteiger partial charge in [0.1, 0.15) is 36.4 Å². The minimum Gasteiger partial charge on any atom is -0.491 e. The summed E-state index contributed by atoms with van der Waals surface area (Å²) in [6.07, 6.45) is -0.747. The topological polar surface area (TPSA) is 239 Å². The maximum absolute atomic E-state index is 13.1. The zero-order valence-electron chi connectivity index (χ0n) is 23.0. The number of carbonyl (C=O) groups excluding carboxylic acids is 2. The van der Waals surface area contributed by atoms with Gasteiger partial charge in [0.25, 0.3) is 5.91 Å². The van der Waals surface area contributed by atoms with E-state index in [1.807, 2.05) is 0 Å². The smallest absolute Gasteiger partial charge is 0.372 e. The van der Waals surface area contributed by atoms with Crippen LogP contribution in [0.5, 0.6) is 11.5 Å². The van der Waals surface area contributed by atoms with Crippen LogP contribution >= 0.6 is 0 Å². The molecule has 1 unspecified atom stereocenters. The first-order valence-electron chi connectivity index (χ1n) is 13.0. The molecule has 3 rings (SSSR count). The number of carbonyl (C=O) groups is 4. The number of Topliss-reactive ketones (excluding diaryl/α,β-unsaturated/α-hetero) is 1. The molecule has 224 valence electrons. The maximum Gasteiger partial charge on any atom is 0.372 e. The van der Waals surface area contributed by atoms with Gasteiger partial charge < -0.3 is 36.5 Å². The molecule has 1 amide bonds. The Balaban J connectivity index is 1.72. The van der Waals surface area contributed by atoms with E-state index in [1.54, 1.807) is 48.5 Å². The van der Waals surface area contributed by atoms with Gasteiger partial charge in [-0.05, 0) is 54.4 Å². The SMILES string of the molecule is N=C(N)c1ccc(OCc2cccc(C(=O)NC(CCC(=O)O)COc3cc(C(=N)N)ccc3CC(=O)C(=O)O)c2)cc1. The molecule has 13 nitrogen and oxygen atoms in total. The number of amides is 1. The Hall–Kier alpha value is -5.72. The number of ether oxygens (including phenoxy) is 2. The van der Waals surface area contributed by atoms with Crippen molar-refractivity contribution < 1.29 is 38.9 Å². The number of ketones is 1. The van der Waals surface area contributed by atoms with Crippen molar-refractivity contribution in [2.24, 2.45) is 11.5 Å². The predicted octanol–water partition coefficient (Wildman–Crippen LogP) is 2.07. The van der Waals surface area contributed by atoms with Crippen LogP contribution in [0.15, 0.2) is 66.7 Å². The lowest BCUT2D eigenvalue weighted by Crippen LogP contribution is -2.39. The third kappa shape index (κ3) is 9.70.